The molecule has 1 amide bonds. The molecule has 1 aromatic heterocycles. The normalized spacial score (nSPS) is 10.4. The van der Waals surface area contributed by atoms with E-state index in [1.807, 2.05) is 67.2 Å². The molecule has 1 N–H and O–H groups in total. The van der Waals surface area contributed by atoms with Crippen LogP contribution in [0.15, 0.2) is 67.0 Å². The van der Waals surface area contributed by atoms with Gasteiger partial charge in [0.05, 0.1) is 13.2 Å². The number of nitrogens with one attached hydrogen (secondary N) is 1. The van der Waals surface area contributed by atoms with Crippen molar-refractivity contribution in [2.45, 2.75) is 20.4 Å². The standard InChI is InChI=1S/C22H24N2O3/c1-3-26-20-12-9-18(15-21(20)27-4-2)22(25)23-16-17-7-10-19(11-8-17)24-13-5-6-14-24/h5-15H,3-4,16H2,1-2H3,(H,23,25). The number of ether oxygens (including phenoxy) is 2. The summed E-state index contributed by atoms with van der Waals surface area (Å²) in [6.45, 7) is 5.34. The van der Waals surface area contributed by atoms with Crippen molar-refractivity contribution in [1.29, 1.82) is 0 Å². The van der Waals surface area contributed by atoms with Gasteiger partial charge in [-0.3, -0.25) is 4.79 Å². The molecule has 0 aliphatic heterocycles. The molecule has 5 nitrogen and oxygen atoms in total. The lowest BCUT2D eigenvalue weighted by atomic mass is 10.1. The fraction of sp³-hybridized carbons (Fsp3) is 0.227. The Balaban J connectivity index is 1.64. The number of hydrogen-bond acceptors (Lipinski definition) is 3. The van der Waals surface area contributed by atoms with Crippen molar-refractivity contribution >= 4 is 5.91 Å². The molecule has 27 heavy (non-hydrogen) atoms. The van der Waals surface area contributed by atoms with Gasteiger partial charge in [-0.1, -0.05) is 12.1 Å². The molecule has 0 fully saturated rings. The largest absolute Gasteiger partial charge is 0.490 e. The Labute approximate surface area is 159 Å². The average Bonchev–Trinajstić information content (AvgIpc) is 3.23. The zero-order valence-corrected chi connectivity index (χ0v) is 15.6. The van der Waals surface area contributed by atoms with Gasteiger partial charge in [-0.2, -0.15) is 0 Å². The molecular formula is C22H24N2O3. The molecule has 0 saturated heterocycles. The van der Waals surface area contributed by atoms with Crippen molar-refractivity contribution in [2.24, 2.45) is 0 Å². The van der Waals surface area contributed by atoms with Gasteiger partial charge in [0.15, 0.2) is 11.5 Å². The van der Waals surface area contributed by atoms with Crippen LogP contribution in [0.4, 0.5) is 0 Å². The summed E-state index contributed by atoms with van der Waals surface area (Å²) in [5.74, 6) is 1.09. The minimum Gasteiger partial charge on any atom is -0.490 e. The van der Waals surface area contributed by atoms with Crippen LogP contribution in [0.5, 0.6) is 11.5 Å². The summed E-state index contributed by atoms with van der Waals surface area (Å²) >= 11 is 0. The van der Waals surface area contributed by atoms with E-state index in [0.717, 1.165) is 11.3 Å². The molecule has 0 atom stereocenters. The molecule has 0 radical (unpaired) electrons. The van der Waals surface area contributed by atoms with Crippen LogP contribution < -0.4 is 14.8 Å². The quantitative estimate of drug-likeness (QED) is 0.652. The average molecular weight is 364 g/mol. The van der Waals surface area contributed by atoms with E-state index in [4.69, 9.17) is 9.47 Å². The highest BCUT2D eigenvalue weighted by Crippen LogP contribution is 2.28. The highest BCUT2D eigenvalue weighted by Gasteiger charge is 2.11. The molecule has 0 bridgehead atoms. The van der Waals surface area contributed by atoms with E-state index in [1.165, 1.54) is 0 Å². The number of benzene rings is 2. The molecule has 0 aliphatic rings. The van der Waals surface area contributed by atoms with E-state index in [-0.39, 0.29) is 5.91 Å². The Kier molecular flexibility index (Phi) is 6.15. The predicted octanol–water partition coefficient (Wildman–Crippen LogP) is 4.20. The maximum Gasteiger partial charge on any atom is 0.251 e. The first kappa shape index (κ1) is 18.6. The van der Waals surface area contributed by atoms with Crippen molar-refractivity contribution < 1.29 is 14.3 Å². The third kappa shape index (κ3) is 4.70. The molecule has 0 unspecified atom stereocenters. The molecule has 3 rings (SSSR count). The van der Waals surface area contributed by atoms with Gasteiger partial charge in [-0.05, 0) is 61.9 Å². The van der Waals surface area contributed by atoms with Crippen LogP contribution in [-0.4, -0.2) is 23.7 Å². The van der Waals surface area contributed by atoms with E-state index >= 15 is 0 Å². The Morgan fingerprint density at radius 3 is 2.26 bits per heavy atom. The van der Waals surface area contributed by atoms with Crippen LogP contribution in [-0.2, 0) is 6.54 Å². The molecule has 1 heterocycles. The van der Waals surface area contributed by atoms with Gasteiger partial charge >= 0.3 is 0 Å². The van der Waals surface area contributed by atoms with Gasteiger partial charge < -0.3 is 19.4 Å². The van der Waals surface area contributed by atoms with Crippen LogP contribution in [0.1, 0.15) is 29.8 Å². The topological polar surface area (TPSA) is 52.5 Å². The van der Waals surface area contributed by atoms with Gasteiger partial charge in [0.2, 0.25) is 0 Å². The van der Waals surface area contributed by atoms with Crippen molar-refractivity contribution in [3.8, 4) is 17.2 Å². The molecule has 0 aliphatic carbocycles. The van der Waals surface area contributed by atoms with Crippen molar-refractivity contribution in [3.05, 3.63) is 78.1 Å². The van der Waals surface area contributed by atoms with Crippen LogP contribution >= 0.6 is 0 Å². The first-order valence-electron chi connectivity index (χ1n) is 9.11. The maximum atomic E-state index is 12.5. The Bertz CT molecular complexity index is 871. The summed E-state index contributed by atoms with van der Waals surface area (Å²) in [5.41, 5.74) is 2.67. The smallest absolute Gasteiger partial charge is 0.251 e. The first-order chi connectivity index (χ1) is 13.2. The Hall–Kier alpha value is -3.21. The molecule has 0 saturated carbocycles. The van der Waals surface area contributed by atoms with Gasteiger partial charge in [0.1, 0.15) is 0 Å². The zero-order chi connectivity index (χ0) is 19.1. The van der Waals surface area contributed by atoms with Crippen LogP contribution in [0, 0.1) is 0 Å². The van der Waals surface area contributed by atoms with Gasteiger partial charge in [0.25, 0.3) is 5.91 Å². The maximum absolute atomic E-state index is 12.5. The lowest BCUT2D eigenvalue weighted by Crippen LogP contribution is -2.22. The predicted molar refractivity (Wildman–Crippen MR) is 106 cm³/mol. The summed E-state index contributed by atoms with van der Waals surface area (Å²) in [6.07, 6.45) is 4.00. The molecule has 140 valence electrons. The van der Waals surface area contributed by atoms with E-state index in [1.54, 1.807) is 18.2 Å². The fourth-order valence-electron chi connectivity index (χ4n) is 2.77. The molecule has 5 heteroatoms. The summed E-state index contributed by atoms with van der Waals surface area (Å²) < 4.78 is 13.2. The molecule has 3 aromatic rings. The summed E-state index contributed by atoms with van der Waals surface area (Å²) in [4.78, 5) is 12.5. The van der Waals surface area contributed by atoms with Crippen molar-refractivity contribution in [2.75, 3.05) is 13.2 Å². The summed E-state index contributed by atoms with van der Waals surface area (Å²) in [5, 5.41) is 2.95. The third-order valence-corrected chi connectivity index (χ3v) is 4.10. The van der Waals surface area contributed by atoms with Crippen molar-refractivity contribution in [3.63, 3.8) is 0 Å². The fourth-order valence-corrected chi connectivity index (χ4v) is 2.77. The van der Waals surface area contributed by atoms with E-state index in [2.05, 4.69) is 5.32 Å². The lowest BCUT2D eigenvalue weighted by molar-refractivity contribution is 0.0950. The summed E-state index contributed by atoms with van der Waals surface area (Å²) in [7, 11) is 0. The Morgan fingerprint density at radius 2 is 1.59 bits per heavy atom. The van der Waals surface area contributed by atoms with Gasteiger partial charge in [-0.15, -0.1) is 0 Å². The minimum absolute atomic E-state index is 0.145. The number of rotatable bonds is 8. The molecule has 2 aromatic carbocycles. The van der Waals surface area contributed by atoms with Gasteiger partial charge in [0, 0.05) is 30.2 Å². The third-order valence-electron chi connectivity index (χ3n) is 4.10. The number of hydrogen-bond donors (Lipinski definition) is 1. The minimum atomic E-state index is -0.145. The second-order valence-electron chi connectivity index (χ2n) is 5.97. The number of aromatic nitrogens is 1. The number of carbonyl (C=O) groups excluding carboxylic acids is 1. The van der Waals surface area contributed by atoms with E-state index in [9.17, 15) is 4.79 Å². The van der Waals surface area contributed by atoms with Crippen LogP contribution in [0.2, 0.25) is 0 Å². The number of carbonyl (C=O) groups is 1. The first-order valence-corrected chi connectivity index (χ1v) is 9.11. The van der Waals surface area contributed by atoms with Crippen molar-refractivity contribution in [1.82, 2.24) is 9.88 Å². The van der Waals surface area contributed by atoms with Gasteiger partial charge in [-0.25, -0.2) is 0 Å². The monoisotopic (exact) mass is 364 g/mol. The summed E-state index contributed by atoms with van der Waals surface area (Å²) in [6, 6.07) is 17.3. The SMILES string of the molecule is CCOc1ccc(C(=O)NCc2ccc(-n3cccc3)cc2)cc1OCC. The second-order valence-corrected chi connectivity index (χ2v) is 5.97. The van der Waals surface area contributed by atoms with Crippen LogP contribution in [0.25, 0.3) is 5.69 Å². The van der Waals surface area contributed by atoms with E-state index in [0.29, 0.717) is 36.8 Å². The number of nitrogens with zero attached hydrogens (tertiary/aromatic N) is 1. The highest BCUT2D eigenvalue weighted by atomic mass is 16.5. The zero-order valence-electron chi connectivity index (χ0n) is 15.6. The Morgan fingerprint density at radius 1 is 0.926 bits per heavy atom. The van der Waals surface area contributed by atoms with E-state index < -0.39 is 0 Å². The second kappa shape index (κ2) is 8.94. The molecular weight excluding hydrogens is 340 g/mol. The van der Waals surface area contributed by atoms with Crippen LogP contribution in [0.3, 0.4) is 0 Å². The molecule has 0 spiro atoms. The lowest BCUT2D eigenvalue weighted by Gasteiger charge is -2.12. The number of amides is 1. The highest BCUT2D eigenvalue weighted by molar-refractivity contribution is 5.94.